The molecule has 5 heteroatoms. The first-order valence-electron chi connectivity index (χ1n) is 12.4. The first-order valence-corrected chi connectivity index (χ1v) is 12.4. The van der Waals surface area contributed by atoms with E-state index in [1.54, 1.807) is 11.8 Å². The Labute approximate surface area is 212 Å². The summed E-state index contributed by atoms with van der Waals surface area (Å²) in [6.45, 7) is 2.66. The summed E-state index contributed by atoms with van der Waals surface area (Å²) in [5, 5.41) is 24.1. The lowest BCUT2D eigenvalue weighted by Gasteiger charge is -2.31. The van der Waals surface area contributed by atoms with E-state index >= 15 is 0 Å². The molecule has 1 amide bonds. The Kier molecular flexibility index (Phi) is 8.85. The summed E-state index contributed by atoms with van der Waals surface area (Å²) in [7, 11) is 0. The van der Waals surface area contributed by atoms with Crippen molar-refractivity contribution in [2.45, 2.75) is 51.4 Å². The van der Waals surface area contributed by atoms with Gasteiger partial charge in [0.25, 0.3) is 5.91 Å². The highest BCUT2D eigenvalue weighted by molar-refractivity contribution is 5.83. The Balaban J connectivity index is 1.52. The number of aliphatic hydroxyl groups excluding tert-OH is 2. The molecular formula is C31H33NO4. The number of aliphatic hydroxyl groups is 2. The number of hydrogen-bond donors (Lipinski definition) is 2. The van der Waals surface area contributed by atoms with Crippen LogP contribution < -0.4 is 0 Å². The molecule has 3 atom stereocenters. The van der Waals surface area contributed by atoms with Crippen molar-refractivity contribution in [3.63, 3.8) is 0 Å². The first kappa shape index (κ1) is 25.6. The molecule has 36 heavy (non-hydrogen) atoms. The zero-order valence-corrected chi connectivity index (χ0v) is 20.5. The van der Waals surface area contributed by atoms with Crippen LogP contribution in [0.3, 0.4) is 0 Å². The van der Waals surface area contributed by atoms with Crippen LogP contribution in [0.25, 0.3) is 10.8 Å². The molecule has 0 aromatic heterocycles. The second-order valence-electron chi connectivity index (χ2n) is 9.04. The Bertz CT molecular complexity index is 1200. The predicted molar refractivity (Wildman–Crippen MR) is 142 cm³/mol. The second-order valence-corrected chi connectivity index (χ2v) is 9.04. The minimum atomic E-state index is -1.51. The second kappa shape index (κ2) is 12.5. The summed E-state index contributed by atoms with van der Waals surface area (Å²) >= 11 is 0. The van der Waals surface area contributed by atoms with E-state index < -0.39 is 24.2 Å². The maximum Gasteiger partial charge on any atom is 0.254 e. The molecule has 0 heterocycles. The number of amides is 1. The average Bonchev–Trinajstić information content (AvgIpc) is 2.93. The van der Waals surface area contributed by atoms with Gasteiger partial charge in [0.1, 0.15) is 6.10 Å². The third-order valence-electron chi connectivity index (χ3n) is 6.36. The molecule has 0 saturated heterocycles. The van der Waals surface area contributed by atoms with E-state index in [2.05, 4.69) is 0 Å². The van der Waals surface area contributed by atoms with Crippen LogP contribution in [0, 0.1) is 0 Å². The van der Waals surface area contributed by atoms with E-state index in [4.69, 9.17) is 4.74 Å². The standard InChI is InChI=1S/C31H33NO4/c1-2-28(33)30(36-22-25-17-18-26-15-9-10-16-27(26)19-25)29(34)31(35)32(20-23-11-5-3-6-12-23)21-24-13-7-4-8-14-24/h3-19,28-30,33-34H,2,20-22H2,1H3. The van der Waals surface area contributed by atoms with Crippen LogP contribution >= 0.6 is 0 Å². The number of hydrogen-bond acceptors (Lipinski definition) is 4. The van der Waals surface area contributed by atoms with Crippen molar-refractivity contribution in [1.82, 2.24) is 4.90 Å². The van der Waals surface area contributed by atoms with Crippen LogP contribution in [-0.4, -0.2) is 39.3 Å². The number of fused-ring (bicyclic) bond motifs is 1. The van der Waals surface area contributed by atoms with E-state index in [0.29, 0.717) is 19.5 Å². The lowest BCUT2D eigenvalue weighted by molar-refractivity contribution is -0.160. The molecule has 186 valence electrons. The monoisotopic (exact) mass is 483 g/mol. The van der Waals surface area contributed by atoms with Gasteiger partial charge in [0.15, 0.2) is 6.10 Å². The van der Waals surface area contributed by atoms with Crippen molar-refractivity contribution < 1.29 is 19.7 Å². The number of benzene rings is 4. The van der Waals surface area contributed by atoms with Gasteiger partial charge in [-0.2, -0.15) is 0 Å². The summed E-state index contributed by atoms with van der Waals surface area (Å²) in [4.78, 5) is 15.2. The molecule has 0 saturated carbocycles. The van der Waals surface area contributed by atoms with Crippen LogP contribution in [0.4, 0.5) is 0 Å². The van der Waals surface area contributed by atoms with Crippen LogP contribution in [0.15, 0.2) is 103 Å². The van der Waals surface area contributed by atoms with E-state index in [1.807, 2.05) is 103 Å². The highest BCUT2D eigenvalue weighted by Crippen LogP contribution is 2.20. The lowest BCUT2D eigenvalue weighted by Crippen LogP contribution is -2.49. The molecule has 0 aliphatic rings. The smallest absolute Gasteiger partial charge is 0.254 e. The van der Waals surface area contributed by atoms with Gasteiger partial charge in [-0.3, -0.25) is 4.79 Å². The number of carbonyl (C=O) groups excluding carboxylic acids is 1. The van der Waals surface area contributed by atoms with Crippen LogP contribution in [0.2, 0.25) is 0 Å². The maximum absolute atomic E-state index is 13.6. The predicted octanol–water partition coefficient (Wildman–Crippen LogP) is 5.09. The minimum Gasteiger partial charge on any atom is -0.390 e. The van der Waals surface area contributed by atoms with Crippen LogP contribution in [0.5, 0.6) is 0 Å². The largest absolute Gasteiger partial charge is 0.390 e. The molecule has 0 radical (unpaired) electrons. The van der Waals surface area contributed by atoms with Gasteiger partial charge >= 0.3 is 0 Å². The molecule has 4 rings (SSSR count). The molecular weight excluding hydrogens is 450 g/mol. The number of carbonyl (C=O) groups is 1. The normalized spacial score (nSPS) is 13.8. The molecule has 0 aliphatic carbocycles. The topological polar surface area (TPSA) is 70.0 Å². The van der Waals surface area contributed by atoms with Gasteiger partial charge < -0.3 is 19.8 Å². The van der Waals surface area contributed by atoms with Gasteiger partial charge in [0, 0.05) is 13.1 Å². The molecule has 3 unspecified atom stereocenters. The molecule has 2 N–H and O–H groups in total. The third kappa shape index (κ3) is 6.58. The van der Waals surface area contributed by atoms with Gasteiger partial charge in [-0.1, -0.05) is 104 Å². The fraction of sp³-hybridized carbons (Fsp3) is 0.258. The molecule has 0 fully saturated rings. The number of nitrogens with zero attached hydrogens (tertiary/aromatic N) is 1. The Morgan fingerprint density at radius 1 is 0.750 bits per heavy atom. The van der Waals surface area contributed by atoms with Crippen molar-refractivity contribution in [1.29, 1.82) is 0 Å². The van der Waals surface area contributed by atoms with E-state index in [1.165, 1.54) is 0 Å². The lowest BCUT2D eigenvalue weighted by atomic mass is 10.0. The van der Waals surface area contributed by atoms with E-state index in [0.717, 1.165) is 27.5 Å². The Morgan fingerprint density at radius 3 is 1.89 bits per heavy atom. The fourth-order valence-corrected chi connectivity index (χ4v) is 4.31. The van der Waals surface area contributed by atoms with Crippen molar-refractivity contribution in [3.05, 3.63) is 120 Å². The van der Waals surface area contributed by atoms with Gasteiger partial charge in [-0.05, 0) is 39.9 Å². The van der Waals surface area contributed by atoms with Crippen molar-refractivity contribution in [2.24, 2.45) is 0 Å². The number of ether oxygens (including phenoxy) is 1. The summed E-state index contributed by atoms with van der Waals surface area (Å²) < 4.78 is 6.02. The van der Waals surface area contributed by atoms with Gasteiger partial charge in [-0.25, -0.2) is 0 Å². The molecule has 5 nitrogen and oxygen atoms in total. The molecule has 0 aliphatic heterocycles. The highest BCUT2D eigenvalue weighted by Gasteiger charge is 2.35. The SMILES string of the molecule is CCC(O)C(OCc1ccc2ccccc2c1)C(O)C(=O)N(Cc1ccccc1)Cc1ccccc1. The van der Waals surface area contributed by atoms with Gasteiger partial charge in [-0.15, -0.1) is 0 Å². The quantitative estimate of drug-likeness (QED) is 0.312. The third-order valence-corrected chi connectivity index (χ3v) is 6.36. The first-order chi connectivity index (χ1) is 17.5. The van der Waals surface area contributed by atoms with E-state index in [9.17, 15) is 15.0 Å². The maximum atomic E-state index is 13.6. The Hall–Kier alpha value is -3.51. The molecule has 0 bridgehead atoms. The Morgan fingerprint density at radius 2 is 1.31 bits per heavy atom. The minimum absolute atomic E-state index is 0.175. The van der Waals surface area contributed by atoms with Crippen LogP contribution in [0.1, 0.15) is 30.0 Å². The molecule has 0 spiro atoms. The van der Waals surface area contributed by atoms with Crippen molar-refractivity contribution in [3.8, 4) is 0 Å². The van der Waals surface area contributed by atoms with Crippen LogP contribution in [-0.2, 0) is 29.2 Å². The summed E-state index contributed by atoms with van der Waals surface area (Å²) in [5.74, 6) is -0.473. The summed E-state index contributed by atoms with van der Waals surface area (Å²) in [5.41, 5.74) is 2.82. The summed E-state index contributed by atoms with van der Waals surface area (Å²) in [6.07, 6.45) is -3.19. The van der Waals surface area contributed by atoms with Gasteiger partial charge in [0.2, 0.25) is 0 Å². The van der Waals surface area contributed by atoms with Crippen molar-refractivity contribution in [2.75, 3.05) is 0 Å². The molecule has 4 aromatic rings. The number of rotatable bonds is 11. The zero-order valence-electron chi connectivity index (χ0n) is 20.5. The van der Waals surface area contributed by atoms with Crippen molar-refractivity contribution >= 4 is 16.7 Å². The van der Waals surface area contributed by atoms with Gasteiger partial charge in [0.05, 0.1) is 12.7 Å². The highest BCUT2D eigenvalue weighted by atomic mass is 16.5. The molecule has 4 aromatic carbocycles. The van der Waals surface area contributed by atoms with E-state index in [-0.39, 0.29) is 6.61 Å². The average molecular weight is 484 g/mol. The zero-order chi connectivity index (χ0) is 25.3. The summed E-state index contributed by atoms with van der Waals surface area (Å²) in [6, 6.07) is 33.4. The fourth-order valence-electron chi connectivity index (χ4n) is 4.31.